The van der Waals surface area contributed by atoms with E-state index in [4.69, 9.17) is 5.11 Å². The van der Waals surface area contributed by atoms with Crippen LogP contribution >= 0.6 is 12.2 Å². The maximum Gasteiger partial charge on any atom is 0.150 e. The summed E-state index contributed by atoms with van der Waals surface area (Å²) in [6, 6.07) is 3.23. The number of H-pyrrole nitrogens is 1. The summed E-state index contributed by atoms with van der Waals surface area (Å²) >= 11 is 4.65. The van der Waals surface area contributed by atoms with Crippen molar-refractivity contribution in [3.63, 3.8) is 0 Å². The van der Waals surface area contributed by atoms with Crippen molar-refractivity contribution in [2.75, 3.05) is 0 Å². The maximum absolute atomic E-state index is 8.78. The molecule has 1 rings (SSSR count). The number of aromatic hydroxyl groups is 1. The van der Waals surface area contributed by atoms with Crippen LogP contribution in [0.4, 0.5) is 0 Å². The van der Waals surface area contributed by atoms with Gasteiger partial charge in [0.25, 0.3) is 0 Å². The second-order valence-electron chi connectivity index (χ2n) is 1.38. The third-order valence-corrected chi connectivity index (χ3v) is 1.12. The molecule has 2 N–H and O–H groups in total. The fourth-order valence-electron chi connectivity index (χ4n) is 0.413. The van der Waals surface area contributed by atoms with E-state index in [1.165, 1.54) is 0 Å². The molecule has 0 saturated heterocycles. The lowest BCUT2D eigenvalue weighted by molar-refractivity contribution is 0.470. The van der Waals surface area contributed by atoms with Crippen molar-refractivity contribution < 1.29 is 5.11 Å². The molecule has 10 heavy (non-hydrogen) atoms. The first-order chi connectivity index (χ1) is 4.80. The molecule has 2 nitrogen and oxygen atoms in total. The van der Waals surface area contributed by atoms with Gasteiger partial charge in [0.1, 0.15) is 10.4 Å². The molecule has 0 atom stereocenters. The molecule has 0 aromatic carbocycles. The van der Waals surface area contributed by atoms with Crippen molar-refractivity contribution in [2.24, 2.45) is 0 Å². The molecule has 0 radical (unpaired) electrons. The molecule has 56 valence electrons. The van der Waals surface area contributed by atoms with E-state index in [0.717, 1.165) is 0 Å². The van der Waals surface area contributed by atoms with Gasteiger partial charge >= 0.3 is 0 Å². The van der Waals surface area contributed by atoms with Gasteiger partial charge in [-0.25, -0.2) is 0 Å². The highest BCUT2D eigenvalue weighted by atomic mass is 32.1. The Morgan fingerprint density at radius 2 is 2.10 bits per heavy atom. The summed E-state index contributed by atoms with van der Waals surface area (Å²) in [5.74, 6) is 0.127. The summed E-state index contributed by atoms with van der Waals surface area (Å²) in [4.78, 5) is 2.66. The average Bonchev–Trinajstić information content (AvgIpc) is 2.00. The number of pyridine rings is 1. The fraction of sp³-hybridized carbons (Fsp3) is 0.286. The Balaban J connectivity index is 0.000000371. The molecule has 0 fully saturated rings. The smallest absolute Gasteiger partial charge is 0.150 e. The van der Waals surface area contributed by atoms with Crippen molar-refractivity contribution in [1.29, 1.82) is 0 Å². The molecule has 1 heterocycles. The highest BCUT2D eigenvalue weighted by Gasteiger charge is 1.82. The standard InChI is InChI=1S/C5H5NOS.C2H6/c7-4-2-1-3-6-5(4)8;1-2/h1-3,7H,(H,6,8);1-2H3. The molecular formula is C7H11NOS. The van der Waals surface area contributed by atoms with Crippen molar-refractivity contribution >= 4 is 12.2 Å². The zero-order chi connectivity index (χ0) is 7.98. The second kappa shape index (κ2) is 4.99. The number of hydrogen-bond acceptors (Lipinski definition) is 2. The number of aromatic amines is 1. The van der Waals surface area contributed by atoms with Gasteiger partial charge in [-0.05, 0) is 12.1 Å². The largest absolute Gasteiger partial charge is 0.505 e. The Bertz CT molecular complexity index is 231. The van der Waals surface area contributed by atoms with Crippen LogP contribution in [0.15, 0.2) is 18.3 Å². The van der Waals surface area contributed by atoms with Gasteiger partial charge in [0.05, 0.1) is 0 Å². The van der Waals surface area contributed by atoms with E-state index in [2.05, 4.69) is 17.2 Å². The summed E-state index contributed by atoms with van der Waals surface area (Å²) in [5.41, 5.74) is 0. The van der Waals surface area contributed by atoms with Gasteiger partial charge in [0.15, 0.2) is 0 Å². The lowest BCUT2D eigenvalue weighted by Crippen LogP contribution is -1.69. The molecule has 1 aromatic rings. The lowest BCUT2D eigenvalue weighted by atomic mass is 10.5. The Morgan fingerprint density at radius 3 is 2.40 bits per heavy atom. The quantitative estimate of drug-likeness (QED) is 0.567. The molecule has 0 unspecified atom stereocenters. The van der Waals surface area contributed by atoms with Crippen molar-refractivity contribution in [3.8, 4) is 5.75 Å². The van der Waals surface area contributed by atoms with E-state index in [0.29, 0.717) is 4.64 Å². The SMILES string of the molecule is CC.Oc1ccc[nH]c1=S. The van der Waals surface area contributed by atoms with Gasteiger partial charge in [-0.1, -0.05) is 26.1 Å². The second-order valence-corrected chi connectivity index (χ2v) is 1.79. The third-order valence-electron chi connectivity index (χ3n) is 0.797. The topological polar surface area (TPSA) is 36.0 Å². The Kier molecular flexibility index (Phi) is 4.58. The number of nitrogens with one attached hydrogen (secondary N) is 1. The minimum absolute atomic E-state index is 0.127. The highest BCUT2D eigenvalue weighted by molar-refractivity contribution is 7.71. The van der Waals surface area contributed by atoms with Gasteiger partial charge in [0.2, 0.25) is 0 Å². The van der Waals surface area contributed by atoms with Crippen molar-refractivity contribution in [2.45, 2.75) is 13.8 Å². The predicted octanol–water partition coefficient (Wildman–Crippen LogP) is 2.48. The average molecular weight is 157 g/mol. The predicted molar refractivity (Wildman–Crippen MR) is 44.6 cm³/mol. The molecule has 0 aliphatic carbocycles. The summed E-state index contributed by atoms with van der Waals surface area (Å²) in [7, 11) is 0. The van der Waals surface area contributed by atoms with Crippen molar-refractivity contribution in [1.82, 2.24) is 4.98 Å². The van der Waals surface area contributed by atoms with Crippen LogP contribution in [0.3, 0.4) is 0 Å². The summed E-state index contributed by atoms with van der Waals surface area (Å²) in [6.45, 7) is 4.00. The molecule has 0 saturated carbocycles. The van der Waals surface area contributed by atoms with Gasteiger partial charge in [-0.15, -0.1) is 0 Å². The van der Waals surface area contributed by atoms with E-state index in [1.807, 2.05) is 13.8 Å². The van der Waals surface area contributed by atoms with Crippen LogP contribution in [0.1, 0.15) is 13.8 Å². The minimum Gasteiger partial charge on any atom is -0.505 e. The first-order valence-electron chi connectivity index (χ1n) is 3.17. The van der Waals surface area contributed by atoms with Gasteiger partial charge < -0.3 is 10.1 Å². The highest BCUT2D eigenvalue weighted by Crippen LogP contribution is 2.04. The summed E-state index contributed by atoms with van der Waals surface area (Å²) in [6.07, 6.45) is 1.67. The van der Waals surface area contributed by atoms with Crippen LogP contribution in [-0.4, -0.2) is 10.1 Å². The van der Waals surface area contributed by atoms with E-state index in [-0.39, 0.29) is 5.75 Å². The molecule has 0 bridgehead atoms. The Hall–Kier alpha value is -0.830. The number of aromatic nitrogens is 1. The molecule has 0 aliphatic heterocycles. The molecule has 0 spiro atoms. The first-order valence-corrected chi connectivity index (χ1v) is 3.58. The monoisotopic (exact) mass is 157 g/mol. The normalized spacial score (nSPS) is 7.80. The van der Waals surface area contributed by atoms with Gasteiger partial charge in [-0.3, -0.25) is 0 Å². The first kappa shape index (κ1) is 9.17. The van der Waals surface area contributed by atoms with Crippen LogP contribution in [-0.2, 0) is 0 Å². The Labute approximate surface area is 65.5 Å². The fourth-order valence-corrected chi connectivity index (χ4v) is 0.549. The molecule has 0 aliphatic rings. The van der Waals surface area contributed by atoms with E-state index in [9.17, 15) is 0 Å². The van der Waals surface area contributed by atoms with Crippen LogP contribution in [0.5, 0.6) is 5.75 Å². The maximum atomic E-state index is 8.78. The molecular weight excluding hydrogens is 146 g/mol. The van der Waals surface area contributed by atoms with Gasteiger partial charge in [-0.2, -0.15) is 0 Å². The zero-order valence-corrected chi connectivity index (χ0v) is 6.90. The summed E-state index contributed by atoms with van der Waals surface area (Å²) in [5, 5.41) is 8.78. The van der Waals surface area contributed by atoms with E-state index in [1.54, 1.807) is 18.3 Å². The molecule has 0 amide bonds. The number of hydrogen-bond donors (Lipinski definition) is 2. The van der Waals surface area contributed by atoms with Gasteiger partial charge in [0, 0.05) is 6.20 Å². The third kappa shape index (κ3) is 2.64. The van der Waals surface area contributed by atoms with E-state index >= 15 is 0 Å². The van der Waals surface area contributed by atoms with Crippen LogP contribution in [0, 0.1) is 4.64 Å². The zero-order valence-electron chi connectivity index (χ0n) is 6.09. The summed E-state index contributed by atoms with van der Waals surface area (Å²) < 4.78 is 0.382. The lowest BCUT2D eigenvalue weighted by Gasteiger charge is -1.86. The minimum atomic E-state index is 0.127. The van der Waals surface area contributed by atoms with Crippen LogP contribution < -0.4 is 0 Å². The van der Waals surface area contributed by atoms with Crippen LogP contribution in [0.25, 0.3) is 0 Å². The van der Waals surface area contributed by atoms with Crippen molar-refractivity contribution in [3.05, 3.63) is 23.0 Å². The van der Waals surface area contributed by atoms with Crippen LogP contribution in [0.2, 0.25) is 0 Å². The Morgan fingerprint density at radius 1 is 1.50 bits per heavy atom. The van der Waals surface area contributed by atoms with E-state index < -0.39 is 0 Å². The molecule has 1 aromatic heterocycles. The number of rotatable bonds is 0. The molecule has 3 heteroatoms.